The van der Waals surface area contributed by atoms with Crippen LogP contribution in [0.3, 0.4) is 0 Å². The van der Waals surface area contributed by atoms with E-state index in [-0.39, 0.29) is 23.8 Å². The molecule has 0 heterocycles. The number of carboxylic acids is 1. The Kier molecular flexibility index (Phi) is 6.32. The Morgan fingerprint density at radius 3 is 2.11 bits per heavy atom. The molecule has 0 spiro atoms. The molecular formula is C13H26N2O3. The normalized spacial score (nSPS) is 15.3. The molecule has 0 aliphatic rings. The van der Waals surface area contributed by atoms with Gasteiger partial charge in [0.05, 0.1) is 12.0 Å². The first-order valence-electron chi connectivity index (χ1n) is 6.31. The molecular weight excluding hydrogens is 232 g/mol. The molecule has 0 fully saturated rings. The summed E-state index contributed by atoms with van der Waals surface area (Å²) in [5.41, 5.74) is 5.47. The molecule has 5 nitrogen and oxygen atoms in total. The van der Waals surface area contributed by atoms with Crippen molar-refractivity contribution in [1.82, 2.24) is 5.32 Å². The molecule has 0 aromatic rings. The van der Waals surface area contributed by atoms with Crippen LogP contribution in [0.2, 0.25) is 0 Å². The van der Waals surface area contributed by atoms with Crippen LogP contribution in [0.5, 0.6) is 0 Å². The number of carbonyl (C=O) groups is 2. The van der Waals surface area contributed by atoms with E-state index in [0.717, 1.165) is 0 Å². The Hall–Kier alpha value is -1.10. The van der Waals surface area contributed by atoms with Gasteiger partial charge in [0.2, 0.25) is 5.91 Å². The molecule has 5 heteroatoms. The molecule has 106 valence electrons. The summed E-state index contributed by atoms with van der Waals surface area (Å²) in [6.07, 6.45) is 0.542. The standard InChI is InChI=1S/C13H26N2O3/c1-8(2)6-9(12(17)18)7-15-11(16)10(14)13(3,4)5/h8-10H,6-7,14H2,1-5H3,(H,15,16)(H,17,18)/t9?,10-/m1/s1. The monoisotopic (exact) mass is 258 g/mol. The molecule has 4 N–H and O–H groups in total. The van der Waals surface area contributed by atoms with Crippen molar-refractivity contribution in [2.45, 2.75) is 47.1 Å². The third-order valence-corrected chi connectivity index (χ3v) is 2.84. The molecule has 0 radical (unpaired) electrons. The number of rotatable bonds is 6. The summed E-state index contributed by atoms with van der Waals surface area (Å²) < 4.78 is 0. The molecule has 0 bridgehead atoms. The van der Waals surface area contributed by atoms with Gasteiger partial charge in [-0.05, 0) is 17.8 Å². The fourth-order valence-corrected chi connectivity index (χ4v) is 1.57. The summed E-state index contributed by atoms with van der Waals surface area (Å²) in [5, 5.41) is 11.7. The second-order valence-electron chi connectivity index (χ2n) is 6.25. The Labute approximate surface area is 109 Å². The van der Waals surface area contributed by atoms with E-state index in [2.05, 4.69) is 5.32 Å². The van der Waals surface area contributed by atoms with Crippen molar-refractivity contribution in [2.75, 3.05) is 6.54 Å². The third kappa shape index (κ3) is 6.00. The van der Waals surface area contributed by atoms with Crippen molar-refractivity contribution in [1.29, 1.82) is 0 Å². The molecule has 1 unspecified atom stereocenters. The first kappa shape index (κ1) is 16.9. The summed E-state index contributed by atoms with van der Waals surface area (Å²) in [4.78, 5) is 22.8. The highest BCUT2D eigenvalue weighted by atomic mass is 16.4. The third-order valence-electron chi connectivity index (χ3n) is 2.84. The number of carbonyl (C=O) groups excluding carboxylic acids is 1. The maximum absolute atomic E-state index is 11.8. The average Bonchev–Trinajstić information content (AvgIpc) is 2.20. The van der Waals surface area contributed by atoms with Crippen LogP contribution in [0, 0.1) is 17.3 Å². The predicted molar refractivity (Wildman–Crippen MR) is 71.0 cm³/mol. The van der Waals surface area contributed by atoms with Crippen molar-refractivity contribution >= 4 is 11.9 Å². The Morgan fingerprint density at radius 1 is 1.28 bits per heavy atom. The minimum atomic E-state index is -0.881. The van der Waals surface area contributed by atoms with Crippen LogP contribution in [0.25, 0.3) is 0 Å². The van der Waals surface area contributed by atoms with E-state index >= 15 is 0 Å². The second-order valence-corrected chi connectivity index (χ2v) is 6.25. The highest BCUT2D eigenvalue weighted by Crippen LogP contribution is 2.17. The maximum atomic E-state index is 11.8. The molecule has 0 aliphatic carbocycles. The van der Waals surface area contributed by atoms with Gasteiger partial charge in [0.15, 0.2) is 0 Å². The number of carboxylic acid groups (broad SMARTS) is 1. The van der Waals surface area contributed by atoms with Crippen molar-refractivity contribution in [3.8, 4) is 0 Å². The van der Waals surface area contributed by atoms with Crippen LogP contribution in [0.15, 0.2) is 0 Å². The second kappa shape index (κ2) is 6.73. The summed E-state index contributed by atoms with van der Waals surface area (Å²) in [6, 6.07) is -0.633. The summed E-state index contributed by atoms with van der Waals surface area (Å²) in [7, 11) is 0. The van der Waals surface area contributed by atoms with E-state index in [1.54, 1.807) is 0 Å². The van der Waals surface area contributed by atoms with Gasteiger partial charge >= 0.3 is 5.97 Å². The van der Waals surface area contributed by atoms with E-state index in [1.807, 2.05) is 34.6 Å². The maximum Gasteiger partial charge on any atom is 0.308 e. The molecule has 1 amide bonds. The molecule has 0 rings (SSSR count). The zero-order valence-electron chi connectivity index (χ0n) is 12.0. The van der Waals surface area contributed by atoms with Crippen LogP contribution >= 0.6 is 0 Å². The number of nitrogens with one attached hydrogen (secondary N) is 1. The lowest BCUT2D eigenvalue weighted by Crippen LogP contribution is -2.50. The summed E-state index contributed by atoms with van der Waals surface area (Å²) >= 11 is 0. The number of hydrogen-bond acceptors (Lipinski definition) is 3. The first-order chi connectivity index (χ1) is 8.05. The van der Waals surface area contributed by atoms with Crippen LogP contribution < -0.4 is 11.1 Å². The van der Waals surface area contributed by atoms with E-state index in [0.29, 0.717) is 6.42 Å². The number of hydrogen-bond donors (Lipinski definition) is 3. The van der Waals surface area contributed by atoms with Crippen molar-refractivity contribution in [3.63, 3.8) is 0 Å². The zero-order chi connectivity index (χ0) is 14.5. The Bertz CT molecular complexity index is 295. The molecule has 0 aromatic heterocycles. The summed E-state index contributed by atoms with van der Waals surface area (Å²) in [6.45, 7) is 9.67. The van der Waals surface area contributed by atoms with Crippen LogP contribution in [-0.4, -0.2) is 29.6 Å². The highest BCUT2D eigenvalue weighted by Gasteiger charge is 2.28. The summed E-state index contributed by atoms with van der Waals surface area (Å²) in [5.74, 6) is -1.45. The lowest BCUT2D eigenvalue weighted by molar-refractivity contribution is -0.142. The predicted octanol–water partition coefficient (Wildman–Crippen LogP) is 1.22. The molecule has 0 saturated heterocycles. The van der Waals surface area contributed by atoms with Gasteiger partial charge in [-0.2, -0.15) is 0 Å². The van der Waals surface area contributed by atoms with Gasteiger partial charge in [0, 0.05) is 6.54 Å². The van der Waals surface area contributed by atoms with Crippen LogP contribution in [0.1, 0.15) is 41.0 Å². The van der Waals surface area contributed by atoms with E-state index in [4.69, 9.17) is 10.8 Å². The molecule has 2 atom stereocenters. The molecule has 0 saturated carbocycles. The number of aliphatic carboxylic acids is 1. The van der Waals surface area contributed by atoms with Crippen molar-refractivity contribution in [2.24, 2.45) is 23.0 Å². The van der Waals surface area contributed by atoms with Crippen LogP contribution in [-0.2, 0) is 9.59 Å². The SMILES string of the molecule is CC(C)CC(CNC(=O)[C@@H](N)C(C)(C)C)C(=O)O. The van der Waals surface area contributed by atoms with Crippen molar-refractivity contribution in [3.05, 3.63) is 0 Å². The van der Waals surface area contributed by atoms with Gasteiger partial charge in [-0.15, -0.1) is 0 Å². The Morgan fingerprint density at radius 2 is 1.78 bits per heavy atom. The van der Waals surface area contributed by atoms with E-state index in [1.165, 1.54) is 0 Å². The van der Waals surface area contributed by atoms with Gasteiger partial charge in [0.1, 0.15) is 0 Å². The topological polar surface area (TPSA) is 92.4 Å². The highest BCUT2D eigenvalue weighted by molar-refractivity contribution is 5.82. The lowest BCUT2D eigenvalue weighted by Gasteiger charge is -2.26. The fraction of sp³-hybridized carbons (Fsp3) is 0.846. The lowest BCUT2D eigenvalue weighted by atomic mass is 9.87. The van der Waals surface area contributed by atoms with Gasteiger partial charge in [-0.3, -0.25) is 9.59 Å². The van der Waals surface area contributed by atoms with E-state index in [9.17, 15) is 9.59 Å². The van der Waals surface area contributed by atoms with Crippen molar-refractivity contribution < 1.29 is 14.7 Å². The average molecular weight is 258 g/mol. The largest absolute Gasteiger partial charge is 0.481 e. The van der Waals surface area contributed by atoms with Gasteiger partial charge < -0.3 is 16.2 Å². The smallest absolute Gasteiger partial charge is 0.308 e. The fourth-order valence-electron chi connectivity index (χ4n) is 1.57. The molecule has 0 aromatic carbocycles. The minimum absolute atomic E-state index is 0.135. The zero-order valence-corrected chi connectivity index (χ0v) is 12.0. The molecule has 0 aliphatic heterocycles. The first-order valence-corrected chi connectivity index (χ1v) is 6.31. The van der Waals surface area contributed by atoms with Gasteiger partial charge in [-0.1, -0.05) is 34.6 Å². The number of nitrogens with two attached hydrogens (primary N) is 1. The minimum Gasteiger partial charge on any atom is -0.481 e. The van der Waals surface area contributed by atoms with Gasteiger partial charge in [-0.25, -0.2) is 0 Å². The van der Waals surface area contributed by atoms with Gasteiger partial charge in [0.25, 0.3) is 0 Å². The quantitative estimate of drug-likeness (QED) is 0.668. The number of amides is 1. The molecule has 18 heavy (non-hydrogen) atoms. The van der Waals surface area contributed by atoms with Crippen LogP contribution in [0.4, 0.5) is 0 Å². The van der Waals surface area contributed by atoms with E-state index < -0.39 is 17.9 Å². The Balaban J connectivity index is 4.36.